The van der Waals surface area contributed by atoms with E-state index in [4.69, 9.17) is 28.4 Å². The molecular formula is C28H32N2O8S. The third-order valence-corrected chi connectivity index (χ3v) is 7.84. The van der Waals surface area contributed by atoms with Crippen molar-refractivity contribution in [3.05, 3.63) is 58.1 Å². The molecule has 0 aliphatic heterocycles. The van der Waals surface area contributed by atoms with Gasteiger partial charge in [0, 0.05) is 18.3 Å². The molecule has 208 valence electrons. The van der Waals surface area contributed by atoms with Crippen LogP contribution in [0.4, 0.5) is 0 Å². The molecular weight excluding hydrogens is 524 g/mol. The number of nitrogens with zero attached hydrogens (tertiary/aromatic N) is 2. The predicted octanol–water partition coefficient (Wildman–Crippen LogP) is 4.16. The molecule has 1 aliphatic rings. The maximum atomic E-state index is 14.0. The minimum atomic E-state index is -1.82. The number of ether oxygens (including phenoxy) is 6. The number of carbonyl (C=O) groups excluding carboxylic acids is 2. The molecule has 1 aromatic heterocycles. The summed E-state index contributed by atoms with van der Waals surface area (Å²) >= 11 is 1.14. The maximum absolute atomic E-state index is 14.0. The molecule has 4 rings (SSSR count). The van der Waals surface area contributed by atoms with Crippen LogP contribution in [0.5, 0.6) is 23.0 Å². The lowest BCUT2D eigenvalue weighted by molar-refractivity contribution is -0.173. The second-order valence-corrected chi connectivity index (χ2v) is 9.60. The Labute approximate surface area is 231 Å². The Morgan fingerprint density at radius 2 is 1.38 bits per heavy atom. The third-order valence-electron chi connectivity index (χ3n) is 7.01. The van der Waals surface area contributed by atoms with Crippen molar-refractivity contribution in [2.45, 2.75) is 32.1 Å². The van der Waals surface area contributed by atoms with E-state index < -0.39 is 29.2 Å². The number of carbonyl (C=O) groups is 2. The summed E-state index contributed by atoms with van der Waals surface area (Å²) in [6, 6.07) is 10.7. The molecule has 3 aromatic rings. The zero-order valence-electron chi connectivity index (χ0n) is 22.8. The summed E-state index contributed by atoms with van der Waals surface area (Å²) in [5.74, 6) is -1.02. The SMILES string of the molecule is CCOc1cc(C2Cc3nnsc3C(c3ccc(OC)c(OCC)c3)C2(C(=O)OC)C(=O)OC)ccc1OC. The van der Waals surface area contributed by atoms with Crippen LogP contribution in [0.2, 0.25) is 0 Å². The molecule has 0 saturated heterocycles. The van der Waals surface area contributed by atoms with E-state index in [0.717, 1.165) is 11.5 Å². The van der Waals surface area contributed by atoms with Gasteiger partial charge in [-0.3, -0.25) is 9.59 Å². The normalized spacial score (nSPS) is 17.5. The summed E-state index contributed by atoms with van der Waals surface area (Å²) in [6.45, 7) is 4.52. The van der Waals surface area contributed by atoms with Crippen LogP contribution >= 0.6 is 11.5 Å². The van der Waals surface area contributed by atoms with Gasteiger partial charge in [-0.05, 0) is 60.8 Å². The van der Waals surface area contributed by atoms with Gasteiger partial charge in [0.2, 0.25) is 0 Å². The third kappa shape index (κ3) is 4.75. The van der Waals surface area contributed by atoms with Crippen LogP contribution in [-0.2, 0) is 25.5 Å². The number of benzene rings is 2. The van der Waals surface area contributed by atoms with Crippen LogP contribution in [-0.4, -0.2) is 63.2 Å². The van der Waals surface area contributed by atoms with Crippen molar-refractivity contribution in [1.82, 2.24) is 9.59 Å². The molecule has 1 heterocycles. The topological polar surface area (TPSA) is 115 Å². The quantitative estimate of drug-likeness (QED) is 0.266. The first kappa shape index (κ1) is 28.2. The molecule has 0 bridgehead atoms. The standard InChI is InChI=1S/C28H32N2O8S/c1-7-37-22-13-16(9-11-20(22)33-3)18-15-19-25(39-30-29-19)24(28(18,26(31)35-5)27(32)36-6)17-10-12-21(34-4)23(14-17)38-8-2/h9-14,18,24H,7-8,15H2,1-6H3. The van der Waals surface area contributed by atoms with Crippen molar-refractivity contribution >= 4 is 23.5 Å². The fourth-order valence-electron chi connectivity index (χ4n) is 5.39. The lowest BCUT2D eigenvalue weighted by Gasteiger charge is -2.44. The molecule has 0 radical (unpaired) electrons. The van der Waals surface area contributed by atoms with Gasteiger partial charge in [0.1, 0.15) is 0 Å². The van der Waals surface area contributed by atoms with Gasteiger partial charge in [-0.25, -0.2) is 0 Å². The van der Waals surface area contributed by atoms with Crippen molar-refractivity contribution in [2.75, 3.05) is 41.7 Å². The zero-order chi connectivity index (χ0) is 28.2. The van der Waals surface area contributed by atoms with Crippen molar-refractivity contribution < 1.29 is 38.0 Å². The van der Waals surface area contributed by atoms with E-state index in [1.807, 2.05) is 19.9 Å². The van der Waals surface area contributed by atoms with E-state index in [2.05, 4.69) is 9.59 Å². The number of rotatable bonds is 10. The smallest absolute Gasteiger partial charge is 0.324 e. The number of hydrogen-bond acceptors (Lipinski definition) is 11. The Hall–Kier alpha value is -3.86. The van der Waals surface area contributed by atoms with Gasteiger partial charge < -0.3 is 28.4 Å². The van der Waals surface area contributed by atoms with Crippen LogP contribution in [0.1, 0.15) is 47.4 Å². The second-order valence-electron chi connectivity index (χ2n) is 8.81. The van der Waals surface area contributed by atoms with Gasteiger partial charge >= 0.3 is 11.9 Å². The average Bonchev–Trinajstić information content (AvgIpc) is 3.43. The maximum Gasteiger partial charge on any atom is 0.324 e. The number of esters is 2. The van der Waals surface area contributed by atoms with Crippen LogP contribution < -0.4 is 18.9 Å². The summed E-state index contributed by atoms with van der Waals surface area (Å²) in [7, 11) is 5.63. The fraction of sp³-hybridized carbons (Fsp3) is 0.429. The van der Waals surface area contributed by atoms with Crippen molar-refractivity contribution in [1.29, 1.82) is 0 Å². The first-order valence-electron chi connectivity index (χ1n) is 12.5. The Morgan fingerprint density at radius 1 is 0.846 bits per heavy atom. The Balaban J connectivity index is 2.05. The molecule has 0 amide bonds. The first-order valence-corrected chi connectivity index (χ1v) is 13.3. The van der Waals surface area contributed by atoms with Gasteiger partial charge in [-0.2, -0.15) is 0 Å². The van der Waals surface area contributed by atoms with E-state index in [1.54, 1.807) is 44.6 Å². The van der Waals surface area contributed by atoms with Crippen LogP contribution in [0.15, 0.2) is 36.4 Å². The molecule has 39 heavy (non-hydrogen) atoms. The van der Waals surface area contributed by atoms with E-state index in [9.17, 15) is 9.59 Å². The van der Waals surface area contributed by atoms with E-state index in [-0.39, 0.29) is 6.42 Å². The number of aromatic nitrogens is 2. The molecule has 11 heteroatoms. The van der Waals surface area contributed by atoms with Gasteiger partial charge in [0.15, 0.2) is 28.4 Å². The summed E-state index contributed by atoms with van der Waals surface area (Å²) in [5, 5.41) is 4.38. The number of hydrogen-bond donors (Lipinski definition) is 0. The van der Waals surface area contributed by atoms with Crippen LogP contribution in [0, 0.1) is 5.41 Å². The monoisotopic (exact) mass is 556 g/mol. The summed E-state index contributed by atoms with van der Waals surface area (Å²) < 4.78 is 37.5. The van der Waals surface area contributed by atoms with Crippen molar-refractivity contribution in [3.8, 4) is 23.0 Å². The number of fused-ring (bicyclic) bond motifs is 1. The Bertz CT molecular complexity index is 1320. The van der Waals surface area contributed by atoms with Gasteiger partial charge in [0.05, 0.1) is 52.2 Å². The minimum Gasteiger partial charge on any atom is -0.493 e. The number of methoxy groups -OCH3 is 4. The predicted molar refractivity (Wildman–Crippen MR) is 143 cm³/mol. The van der Waals surface area contributed by atoms with Gasteiger partial charge in [0.25, 0.3) is 0 Å². The first-order chi connectivity index (χ1) is 18.9. The highest BCUT2D eigenvalue weighted by Gasteiger charge is 2.64. The summed E-state index contributed by atoms with van der Waals surface area (Å²) in [6.07, 6.45) is 0.249. The largest absolute Gasteiger partial charge is 0.493 e. The minimum absolute atomic E-state index is 0.249. The van der Waals surface area contributed by atoms with Gasteiger partial charge in [-0.1, -0.05) is 16.6 Å². The van der Waals surface area contributed by atoms with E-state index in [1.165, 1.54) is 14.2 Å². The summed E-state index contributed by atoms with van der Waals surface area (Å²) in [5.41, 5.74) is 0.157. The van der Waals surface area contributed by atoms with Crippen LogP contribution in [0.25, 0.3) is 0 Å². The molecule has 2 unspecified atom stereocenters. The van der Waals surface area contributed by atoms with Crippen molar-refractivity contribution in [2.24, 2.45) is 5.41 Å². The molecule has 10 nitrogen and oxygen atoms in total. The highest BCUT2D eigenvalue weighted by Crippen LogP contribution is 2.58. The molecule has 2 aromatic carbocycles. The Kier molecular flexibility index (Phi) is 8.59. The zero-order valence-corrected chi connectivity index (χ0v) is 23.6. The summed E-state index contributed by atoms with van der Waals surface area (Å²) in [4.78, 5) is 28.6. The Morgan fingerprint density at radius 3 is 1.90 bits per heavy atom. The van der Waals surface area contributed by atoms with E-state index >= 15 is 0 Å². The molecule has 0 saturated carbocycles. The van der Waals surface area contributed by atoms with Crippen LogP contribution in [0.3, 0.4) is 0 Å². The lowest BCUT2D eigenvalue weighted by Crippen LogP contribution is -2.53. The molecule has 0 N–H and O–H groups in total. The molecule has 0 spiro atoms. The second kappa shape index (κ2) is 11.9. The molecule has 1 aliphatic carbocycles. The fourth-order valence-corrected chi connectivity index (χ4v) is 6.28. The average molecular weight is 557 g/mol. The molecule has 0 fully saturated rings. The molecule has 2 atom stereocenters. The van der Waals surface area contributed by atoms with E-state index in [0.29, 0.717) is 57.9 Å². The highest BCUT2D eigenvalue weighted by molar-refractivity contribution is 7.05. The highest BCUT2D eigenvalue weighted by atomic mass is 32.1. The van der Waals surface area contributed by atoms with Gasteiger partial charge in [-0.15, -0.1) is 5.10 Å². The lowest BCUT2D eigenvalue weighted by atomic mass is 9.57. The van der Waals surface area contributed by atoms with Crippen molar-refractivity contribution in [3.63, 3.8) is 0 Å².